The molecule has 0 aliphatic heterocycles. The Hall–Kier alpha value is -2.10. The highest BCUT2D eigenvalue weighted by Gasteiger charge is 2.14. The van der Waals surface area contributed by atoms with Gasteiger partial charge >= 0.3 is 0 Å². The molecular formula is C16H20N2O2. The lowest BCUT2D eigenvalue weighted by atomic mass is 10.1. The zero-order valence-corrected chi connectivity index (χ0v) is 12.1. The molecule has 1 aromatic carbocycles. The molecule has 1 aromatic heterocycles. The number of fused-ring (bicyclic) bond motifs is 1. The van der Waals surface area contributed by atoms with Crippen LogP contribution in [0.1, 0.15) is 32.8 Å². The van der Waals surface area contributed by atoms with Gasteiger partial charge in [0.05, 0.1) is 0 Å². The first-order chi connectivity index (χ1) is 9.35. The molecule has 0 bridgehead atoms. The molecule has 0 radical (unpaired) electrons. The van der Waals surface area contributed by atoms with E-state index in [0.29, 0.717) is 18.4 Å². The molecule has 4 heteroatoms. The summed E-state index contributed by atoms with van der Waals surface area (Å²) in [6.45, 7) is 5.81. The summed E-state index contributed by atoms with van der Waals surface area (Å²) in [5.41, 5.74) is 1.10. The van der Waals surface area contributed by atoms with Crippen LogP contribution >= 0.6 is 0 Å². The van der Waals surface area contributed by atoms with E-state index in [4.69, 9.17) is 0 Å². The Morgan fingerprint density at radius 3 is 2.65 bits per heavy atom. The third kappa shape index (κ3) is 3.70. The van der Waals surface area contributed by atoms with Crippen LogP contribution in [0.4, 0.5) is 0 Å². The number of aromatic amines is 1. The van der Waals surface area contributed by atoms with E-state index in [1.165, 1.54) is 0 Å². The molecule has 0 aliphatic rings. The fourth-order valence-electron chi connectivity index (χ4n) is 2.11. The number of amides is 1. The lowest BCUT2D eigenvalue weighted by Crippen LogP contribution is -2.40. The summed E-state index contributed by atoms with van der Waals surface area (Å²) >= 11 is 0. The highest BCUT2D eigenvalue weighted by atomic mass is 16.1. The minimum atomic E-state index is -0.243. The predicted octanol–water partition coefficient (Wildman–Crippen LogP) is 2.38. The molecule has 20 heavy (non-hydrogen) atoms. The van der Waals surface area contributed by atoms with Gasteiger partial charge in [0.15, 0.2) is 0 Å². The van der Waals surface area contributed by atoms with Gasteiger partial charge in [0.1, 0.15) is 0 Å². The number of nitrogens with one attached hydrogen (secondary N) is 2. The summed E-state index contributed by atoms with van der Waals surface area (Å²) in [5.74, 6) is -0.0370. The Labute approximate surface area is 118 Å². The van der Waals surface area contributed by atoms with Gasteiger partial charge in [-0.2, -0.15) is 0 Å². The summed E-state index contributed by atoms with van der Waals surface area (Å²) in [4.78, 5) is 26.6. The average Bonchev–Trinajstić information content (AvgIpc) is 2.34. The number of benzene rings is 1. The molecule has 0 unspecified atom stereocenters. The monoisotopic (exact) mass is 272 g/mol. The standard InChI is InChI=1S/C16H20N2O2/c1-16(2,3)18-14(19)9-8-12-10-11-6-4-5-7-13(11)17-15(12)20/h4-7,10H,8-9H2,1-3H3,(H,17,20)(H,18,19). The molecule has 0 saturated carbocycles. The van der Waals surface area contributed by atoms with Crippen molar-refractivity contribution < 1.29 is 4.79 Å². The number of pyridine rings is 1. The molecular weight excluding hydrogens is 252 g/mol. The van der Waals surface area contributed by atoms with E-state index in [1.54, 1.807) is 0 Å². The molecule has 0 fully saturated rings. The van der Waals surface area contributed by atoms with Crippen molar-refractivity contribution in [1.29, 1.82) is 0 Å². The van der Waals surface area contributed by atoms with Crippen LogP contribution in [0, 0.1) is 0 Å². The van der Waals surface area contributed by atoms with Crippen molar-refractivity contribution in [1.82, 2.24) is 10.3 Å². The predicted molar refractivity (Wildman–Crippen MR) is 80.8 cm³/mol. The Balaban J connectivity index is 2.12. The maximum absolute atomic E-state index is 11.9. The van der Waals surface area contributed by atoms with Crippen LogP contribution in [-0.2, 0) is 11.2 Å². The van der Waals surface area contributed by atoms with Crippen molar-refractivity contribution in [3.05, 3.63) is 46.2 Å². The SMILES string of the molecule is CC(C)(C)NC(=O)CCc1cc2ccccc2[nH]c1=O. The van der Waals surface area contributed by atoms with Gasteiger partial charge in [0.2, 0.25) is 5.91 Å². The average molecular weight is 272 g/mol. The van der Waals surface area contributed by atoms with Crippen LogP contribution in [0.3, 0.4) is 0 Å². The second-order valence-electron chi connectivity index (χ2n) is 6.01. The van der Waals surface area contributed by atoms with E-state index in [1.807, 2.05) is 51.1 Å². The van der Waals surface area contributed by atoms with Gasteiger partial charge in [-0.25, -0.2) is 0 Å². The van der Waals surface area contributed by atoms with Crippen LogP contribution in [0.15, 0.2) is 35.1 Å². The molecule has 106 valence electrons. The topological polar surface area (TPSA) is 62.0 Å². The van der Waals surface area contributed by atoms with Crippen molar-refractivity contribution in [3.8, 4) is 0 Å². The molecule has 0 spiro atoms. The van der Waals surface area contributed by atoms with E-state index >= 15 is 0 Å². The smallest absolute Gasteiger partial charge is 0.251 e. The summed E-state index contributed by atoms with van der Waals surface area (Å²) < 4.78 is 0. The number of H-pyrrole nitrogens is 1. The molecule has 1 amide bonds. The van der Waals surface area contributed by atoms with Crippen LogP contribution in [0.2, 0.25) is 0 Å². The molecule has 2 aromatic rings. The lowest BCUT2D eigenvalue weighted by molar-refractivity contribution is -0.122. The van der Waals surface area contributed by atoms with Crippen LogP contribution in [0.5, 0.6) is 0 Å². The number of carbonyl (C=O) groups excluding carboxylic acids is 1. The van der Waals surface area contributed by atoms with Gasteiger partial charge in [-0.1, -0.05) is 18.2 Å². The zero-order chi connectivity index (χ0) is 14.8. The summed E-state index contributed by atoms with van der Waals surface area (Å²) in [6.07, 6.45) is 0.765. The highest BCUT2D eigenvalue weighted by molar-refractivity contribution is 5.79. The lowest BCUT2D eigenvalue weighted by Gasteiger charge is -2.20. The largest absolute Gasteiger partial charge is 0.351 e. The van der Waals surface area contributed by atoms with E-state index in [2.05, 4.69) is 10.3 Å². The zero-order valence-electron chi connectivity index (χ0n) is 12.1. The van der Waals surface area contributed by atoms with Crippen LogP contribution < -0.4 is 10.9 Å². The van der Waals surface area contributed by atoms with Crippen molar-refractivity contribution in [2.45, 2.75) is 39.2 Å². The molecule has 2 rings (SSSR count). The fourth-order valence-corrected chi connectivity index (χ4v) is 2.11. The van der Waals surface area contributed by atoms with Crippen molar-refractivity contribution >= 4 is 16.8 Å². The highest BCUT2D eigenvalue weighted by Crippen LogP contribution is 2.11. The molecule has 4 nitrogen and oxygen atoms in total. The molecule has 0 saturated heterocycles. The quantitative estimate of drug-likeness (QED) is 0.901. The van der Waals surface area contributed by atoms with Gasteiger partial charge in [-0.15, -0.1) is 0 Å². The number of para-hydroxylation sites is 1. The summed E-state index contributed by atoms with van der Waals surface area (Å²) in [7, 11) is 0. The summed E-state index contributed by atoms with van der Waals surface area (Å²) in [6, 6.07) is 9.49. The molecule has 2 N–H and O–H groups in total. The van der Waals surface area contributed by atoms with Crippen molar-refractivity contribution in [2.24, 2.45) is 0 Å². The maximum Gasteiger partial charge on any atom is 0.251 e. The Morgan fingerprint density at radius 2 is 1.95 bits per heavy atom. The number of hydrogen-bond donors (Lipinski definition) is 2. The van der Waals surface area contributed by atoms with Crippen LogP contribution in [-0.4, -0.2) is 16.4 Å². The first-order valence-corrected chi connectivity index (χ1v) is 6.77. The number of aromatic nitrogens is 1. The van der Waals surface area contributed by atoms with Crippen LogP contribution in [0.25, 0.3) is 10.9 Å². The number of carbonyl (C=O) groups is 1. The Bertz CT molecular complexity index is 681. The van der Waals surface area contributed by atoms with Crippen molar-refractivity contribution in [3.63, 3.8) is 0 Å². The molecule has 0 aliphatic carbocycles. The first-order valence-electron chi connectivity index (χ1n) is 6.77. The third-order valence-corrected chi connectivity index (χ3v) is 2.97. The van der Waals surface area contributed by atoms with Gasteiger partial charge in [0, 0.05) is 23.0 Å². The minimum Gasteiger partial charge on any atom is -0.351 e. The fraction of sp³-hybridized carbons (Fsp3) is 0.375. The number of rotatable bonds is 3. The van der Waals surface area contributed by atoms with Crippen molar-refractivity contribution in [2.75, 3.05) is 0 Å². The molecule has 1 heterocycles. The Morgan fingerprint density at radius 1 is 1.25 bits per heavy atom. The third-order valence-electron chi connectivity index (χ3n) is 2.97. The van der Waals surface area contributed by atoms with E-state index in [0.717, 1.165) is 10.9 Å². The summed E-state index contributed by atoms with van der Waals surface area (Å²) in [5, 5.41) is 3.88. The van der Waals surface area contributed by atoms with Gasteiger partial charge in [-0.05, 0) is 44.7 Å². The van der Waals surface area contributed by atoms with E-state index < -0.39 is 0 Å². The van der Waals surface area contributed by atoms with Gasteiger partial charge in [0.25, 0.3) is 5.56 Å². The number of aryl methyl sites for hydroxylation is 1. The molecule has 0 atom stereocenters. The Kier molecular flexibility index (Phi) is 3.93. The second kappa shape index (κ2) is 5.49. The maximum atomic E-state index is 11.9. The second-order valence-corrected chi connectivity index (χ2v) is 6.01. The van der Waals surface area contributed by atoms with Gasteiger partial charge in [-0.3, -0.25) is 9.59 Å². The number of hydrogen-bond acceptors (Lipinski definition) is 2. The van der Waals surface area contributed by atoms with Gasteiger partial charge < -0.3 is 10.3 Å². The van der Waals surface area contributed by atoms with E-state index in [9.17, 15) is 9.59 Å². The minimum absolute atomic E-state index is 0.0370. The first kappa shape index (κ1) is 14.3. The van der Waals surface area contributed by atoms with E-state index in [-0.39, 0.29) is 17.0 Å². The normalized spacial score (nSPS) is 11.6.